The maximum Gasteiger partial charge on any atom is 0.0894 e. The highest BCUT2D eigenvalue weighted by Crippen LogP contribution is 2.29. The molecule has 0 radical (unpaired) electrons. The van der Waals surface area contributed by atoms with Gasteiger partial charge >= 0.3 is 0 Å². The summed E-state index contributed by atoms with van der Waals surface area (Å²) in [6.45, 7) is 6.32. The number of halogens is 1. The maximum atomic E-state index is 8.94. The summed E-state index contributed by atoms with van der Waals surface area (Å²) in [5.74, 6) is 0. The molecule has 1 aromatic heterocycles. The summed E-state index contributed by atoms with van der Waals surface area (Å²) in [5.41, 5.74) is 2.69. The van der Waals surface area contributed by atoms with E-state index in [4.69, 9.17) is 16.9 Å². The number of nitrogens with zero attached hydrogens (tertiary/aromatic N) is 2. The number of aromatic nitrogens is 1. The van der Waals surface area contributed by atoms with E-state index in [0.717, 1.165) is 22.2 Å². The Bertz CT molecular complexity index is 633. The lowest BCUT2D eigenvalue weighted by Crippen LogP contribution is -2.14. The first kappa shape index (κ1) is 12.9. The van der Waals surface area contributed by atoms with Gasteiger partial charge in [-0.15, -0.1) is 0 Å². The molecule has 2 rings (SSSR count). The van der Waals surface area contributed by atoms with Crippen molar-refractivity contribution < 1.29 is 0 Å². The minimum atomic E-state index is -0.0580. The van der Waals surface area contributed by atoms with Gasteiger partial charge in [-0.2, -0.15) is 5.26 Å². The van der Waals surface area contributed by atoms with Gasteiger partial charge in [0.2, 0.25) is 0 Å². The fraction of sp³-hybridized carbons (Fsp3) is 0.333. The van der Waals surface area contributed by atoms with Crippen molar-refractivity contribution in [1.82, 2.24) is 4.98 Å². The van der Waals surface area contributed by atoms with Gasteiger partial charge in [-0.25, -0.2) is 0 Å². The van der Waals surface area contributed by atoms with E-state index in [9.17, 15) is 0 Å². The molecule has 0 fully saturated rings. The van der Waals surface area contributed by atoms with Gasteiger partial charge in [0.15, 0.2) is 0 Å². The summed E-state index contributed by atoms with van der Waals surface area (Å²) in [6.07, 6.45) is 0.377. The summed E-state index contributed by atoms with van der Waals surface area (Å²) >= 11 is 6.21. The van der Waals surface area contributed by atoms with E-state index in [-0.39, 0.29) is 5.41 Å². The summed E-state index contributed by atoms with van der Waals surface area (Å²) in [5, 5.41) is 10.5. The van der Waals surface area contributed by atoms with Gasteiger partial charge in [-0.3, -0.25) is 4.98 Å². The lowest BCUT2D eigenvalue weighted by Gasteiger charge is -2.19. The maximum absolute atomic E-state index is 8.94. The van der Waals surface area contributed by atoms with Crippen LogP contribution >= 0.6 is 11.6 Å². The van der Waals surface area contributed by atoms with Crippen LogP contribution in [0.3, 0.4) is 0 Å². The van der Waals surface area contributed by atoms with E-state index >= 15 is 0 Å². The highest BCUT2D eigenvalue weighted by atomic mass is 35.5. The Balaban J connectivity index is 2.80. The van der Waals surface area contributed by atoms with E-state index < -0.39 is 0 Å². The minimum Gasteiger partial charge on any atom is -0.251 e. The molecule has 18 heavy (non-hydrogen) atoms. The summed E-state index contributed by atoms with van der Waals surface area (Å²) < 4.78 is 0. The third-order valence-electron chi connectivity index (χ3n) is 2.91. The Labute approximate surface area is 112 Å². The molecular formula is C15H15ClN2. The molecular weight excluding hydrogens is 244 g/mol. The van der Waals surface area contributed by atoms with Crippen molar-refractivity contribution in [2.75, 3.05) is 0 Å². The molecule has 0 atom stereocenters. The number of hydrogen-bond acceptors (Lipinski definition) is 2. The Morgan fingerprint density at radius 2 is 2.06 bits per heavy atom. The zero-order valence-electron chi connectivity index (χ0n) is 10.8. The molecule has 0 amide bonds. The molecule has 2 aromatic rings. The molecule has 0 N–H and O–H groups in total. The van der Waals surface area contributed by atoms with Crippen LogP contribution in [0, 0.1) is 11.3 Å². The van der Waals surface area contributed by atoms with Crippen molar-refractivity contribution in [3.05, 3.63) is 40.5 Å². The second kappa shape index (κ2) is 4.59. The molecule has 0 unspecified atom stereocenters. The van der Waals surface area contributed by atoms with Crippen LogP contribution in [0.4, 0.5) is 0 Å². The number of rotatable bonds is 1. The van der Waals surface area contributed by atoms with Gasteiger partial charge in [0.05, 0.1) is 23.0 Å². The number of para-hydroxylation sites is 1. The number of fused-ring (bicyclic) bond motifs is 1. The molecule has 0 saturated heterocycles. The fourth-order valence-corrected chi connectivity index (χ4v) is 2.12. The van der Waals surface area contributed by atoms with Crippen molar-refractivity contribution in [2.45, 2.75) is 32.6 Å². The smallest absolute Gasteiger partial charge is 0.0894 e. The van der Waals surface area contributed by atoms with Crippen molar-refractivity contribution in [1.29, 1.82) is 5.26 Å². The van der Waals surface area contributed by atoms with Crippen molar-refractivity contribution >= 4 is 22.5 Å². The van der Waals surface area contributed by atoms with E-state index in [0.29, 0.717) is 11.4 Å². The van der Waals surface area contributed by atoms with Crippen LogP contribution < -0.4 is 0 Å². The van der Waals surface area contributed by atoms with Crippen molar-refractivity contribution in [2.24, 2.45) is 0 Å². The molecule has 3 heteroatoms. The number of benzene rings is 1. The molecule has 0 aliphatic rings. The molecule has 0 aliphatic carbocycles. The van der Waals surface area contributed by atoms with Gasteiger partial charge in [-0.05, 0) is 17.7 Å². The molecule has 0 bridgehead atoms. The Hall–Kier alpha value is -1.59. The van der Waals surface area contributed by atoms with Crippen LogP contribution in [-0.4, -0.2) is 4.98 Å². The van der Waals surface area contributed by atoms with E-state index in [1.165, 1.54) is 0 Å². The SMILES string of the molecule is CC(C)(C)c1cc(CC#N)c2cccc(Cl)c2n1. The first-order chi connectivity index (χ1) is 8.43. The molecule has 92 valence electrons. The van der Waals surface area contributed by atoms with Crippen LogP contribution in [0.5, 0.6) is 0 Å². The Morgan fingerprint density at radius 1 is 1.33 bits per heavy atom. The molecule has 0 aliphatic heterocycles. The number of nitriles is 1. The third-order valence-corrected chi connectivity index (χ3v) is 3.22. The third kappa shape index (κ3) is 2.32. The van der Waals surface area contributed by atoms with Crippen LogP contribution in [0.1, 0.15) is 32.0 Å². The van der Waals surface area contributed by atoms with Gasteiger partial charge in [0.1, 0.15) is 0 Å². The molecule has 1 aromatic carbocycles. The normalized spacial score (nSPS) is 11.5. The lowest BCUT2D eigenvalue weighted by atomic mass is 9.89. The standard InChI is InChI=1S/C15H15ClN2/c1-15(2,3)13-9-10(7-8-17)11-5-4-6-12(16)14(11)18-13/h4-6,9H,7H2,1-3H3. The second-order valence-corrected chi connectivity index (χ2v) is 5.79. The molecule has 0 saturated carbocycles. The summed E-state index contributed by atoms with van der Waals surface area (Å²) in [4.78, 5) is 4.65. The highest BCUT2D eigenvalue weighted by Gasteiger charge is 2.18. The molecule has 0 spiro atoms. The van der Waals surface area contributed by atoms with Gasteiger partial charge in [0.25, 0.3) is 0 Å². The topological polar surface area (TPSA) is 36.7 Å². The van der Waals surface area contributed by atoms with Crippen molar-refractivity contribution in [3.63, 3.8) is 0 Å². The average molecular weight is 259 g/mol. The molecule has 2 nitrogen and oxygen atoms in total. The highest BCUT2D eigenvalue weighted by molar-refractivity contribution is 6.35. The Kier molecular flexibility index (Phi) is 3.28. The monoisotopic (exact) mass is 258 g/mol. The van der Waals surface area contributed by atoms with Crippen LogP contribution in [0.2, 0.25) is 5.02 Å². The van der Waals surface area contributed by atoms with Crippen molar-refractivity contribution in [3.8, 4) is 6.07 Å². The van der Waals surface area contributed by atoms with Crippen LogP contribution in [-0.2, 0) is 11.8 Å². The largest absolute Gasteiger partial charge is 0.251 e. The quantitative estimate of drug-likeness (QED) is 0.767. The van der Waals surface area contributed by atoms with Gasteiger partial charge in [0, 0.05) is 16.5 Å². The van der Waals surface area contributed by atoms with Crippen LogP contribution in [0.15, 0.2) is 24.3 Å². The van der Waals surface area contributed by atoms with Crippen LogP contribution in [0.25, 0.3) is 10.9 Å². The fourth-order valence-electron chi connectivity index (χ4n) is 1.90. The van der Waals surface area contributed by atoms with E-state index in [2.05, 4.69) is 31.8 Å². The number of hydrogen-bond donors (Lipinski definition) is 0. The Morgan fingerprint density at radius 3 is 2.67 bits per heavy atom. The predicted octanol–water partition coefficient (Wildman–Crippen LogP) is 4.25. The zero-order valence-corrected chi connectivity index (χ0v) is 11.5. The van der Waals surface area contributed by atoms with Gasteiger partial charge < -0.3 is 0 Å². The lowest BCUT2D eigenvalue weighted by molar-refractivity contribution is 0.571. The van der Waals surface area contributed by atoms with Gasteiger partial charge in [-0.1, -0.05) is 44.5 Å². The minimum absolute atomic E-state index is 0.0580. The molecule has 1 heterocycles. The zero-order chi connectivity index (χ0) is 13.3. The average Bonchev–Trinajstić information content (AvgIpc) is 2.29. The van der Waals surface area contributed by atoms with E-state index in [1.54, 1.807) is 0 Å². The first-order valence-corrected chi connectivity index (χ1v) is 6.27. The first-order valence-electron chi connectivity index (χ1n) is 5.89. The predicted molar refractivity (Wildman–Crippen MR) is 74.8 cm³/mol. The summed E-state index contributed by atoms with van der Waals surface area (Å²) in [7, 11) is 0. The summed E-state index contributed by atoms with van der Waals surface area (Å²) in [6, 6.07) is 9.91. The second-order valence-electron chi connectivity index (χ2n) is 5.39. The number of pyridine rings is 1. The van der Waals surface area contributed by atoms with E-state index in [1.807, 2.05) is 24.3 Å².